The second-order valence-electron chi connectivity index (χ2n) is 10.4. The van der Waals surface area contributed by atoms with Gasteiger partial charge in [-0.15, -0.1) is 11.3 Å². The van der Waals surface area contributed by atoms with E-state index in [-0.39, 0.29) is 11.7 Å². The van der Waals surface area contributed by atoms with Crippen LogP contribution in [0, 0.1) is 6.92 Å². The third-order valence-electron chi connectivity index (χ3n) is 7.95. The number of aliphatic hydroxyl groups is 1. The van der Waals surface area contributed by atoms with E-state index in [9.17, 15) is 9.90 Å². The Bertz CT molecular complexity index is 1230. The normalized spacial score (nSPS) is 24.4. The van der Waals surface area contributed by atoms with Crippen LogP contribution in [-0.4, -0.2) is 50.4 Å². The van der Waals surface area contributed by atoms with E-state index in [2.05, 4.69) is 16.9 Å². The van der Waals surface area contributed by atoms with E-state index >= 15 is 0 Å². The van der Waals surface area contributed by atoms with Crippen molar-refractivity contribution in [3.63, 3.8) is 0 Å². The molecule has 6 nitrogen and oxygen atoms in total. The van der Waals surface area contributed by atoms with Crippen LogP contribution in [0.3, 0.4) is 0 Å². The third-order valence-corrected chi connectivity index (χ3v) is 9.12. The van der Waals surface area contributed by atoms with E-state index in [1.807, 2.05) is 45.0 Å². The van der Waals surface area contributed by atoms with Crippen LogP contribution in [0.15, 0.2) is 35.4 Å². The maximum Gasteiger partial charge on any atom is 0.275 e. The second-order valence-corrected chi connectivity index (χ2v) is 11.5. The average molecular weight is 482 g/mol. The largest absolute Gasteiger partial charge is 0.490 e. The smallest absolute Gasteiger partial charge is 0.275 e. The van der Waals surface area contributed by atoms with Gasteiger partial charge in [-0.25, -0.2) is 4.98 Å². The molecule has 7 heteroatoms. The molecule has 2 fully saturated rings. The van der Waals surface area contributed by atoms with Crippen molar-refractivity contribution in [2.75, 3.05) is 7.05 Å². The highest BCUT2D eigenvalue weighted by atomic mass is 32.1. The summed E-state index contributed by atoms with van der Waals surface area (Å²) in [5.74, 6) is 0.904. The molecule has 5 rings (SSSR count). The molecule has 2 aliphatic rings. The molecule has 4 heterocycles. The van der Waals surface area contributed by atoms with Crippen LogP contribution in [-0.2, 0) is 6.42 Å². The zero-order chi connectivity index (χ0) is 24.0. The monoisotopic (exact) mass is 481 g/mol. The van der Waals surface area contributed by atoms with E-state index in [4.69, 9.17) is 4.74 Å². The molecule has 3 aromatic rings. The van der Waals surface area contributed by atoms with Gasteiger partial charge in [-0.1, -0.05) is 6.92 Å². The Morgan fingerprint density at radius 1 is 1.24 bits per heavy atom. The first-order valence-electron chi connectivity index (χ1n) is 12.5. The van der Waals surface area contributed by atoms with Gasteiger partial charge in [0.15, 0.2) is 0 Å². The van der Waals surface area contributed by atoms with Gasteiger partial charge >= 0.3 is 0 Å². The van der Waals surface area contributed by atoms with Crippen LogP contribution in [0.2, 0.25) is 0 Å². The zero-order valence-electron chi connectivity index (χ0n) is 20.6. The molecular formula is C27H35N3O3S. The van der Waals surface area contributed by atoms with Crippen LogP contribution in [0.4, 0.5) is 0 Å². The van der Waals surface area contributed by atoms with E-state index in [0.29, 0.717) is 29.6 Å². The van der Waals surface area contributed by atoms with Gasteiger partial charge < -0.3 is 14.7 Å². The van der Waals surface area contributed by atoms with Crippen LogP contribution in [0.1, 0.15) is 62.8 Å². The van der Waals surface area contributed by atoms with Crippen molar-refractivity contribution in [2.24, 2.45) is 0 Å². The lowest BCUT2D eigenvalue weighted by molar-refractivity contribution is 0.0475. The molecule has 1 N–H and O–H groups in total. The first-order chi connectivity index (χ1) is 16.2. The maximum absolute atomic E-state index is 13.3. The SMILES string of the molecule is CCC(C)(O)CCc1cc2ncn(-c3ccc(O[C@H]4C[C@H]5CC[C@@H](C4)N5C)c(C)c3)c(=O)c2s1. The molecule has 4 atom stereocenters. The van der Waals surface area contributed by atoms with Crippen molar-refractivity contribution in [2.45, 2.75) is 89.5 Å². The summed E-state index contributed by atoms with van der Waals surface area (Å²) in [4.78, 5) is 21.4. The van der Waals surface area contributed by atoms with Gasteiger partial charge in [0.05, 0.1) is 16.8 Å². The molecule has 1 aromatic carbocycles. The van der Waals surface area contributed by atoms with E-state index in [1.54, 1.807) is 10.9 Å². The minimum Gasteiger partial charge on any atom is -0.490 e. The molecule has 2 aromatic heterocycles. The number of hydrogen-bond donors (Lipinski definition) is 1. The number of piperidine rings is 1. The number of fused-ring (bicyclic) bond motifs is 3. The Morgan fingerprint density at radius 3 is 2.65 bits per heavy atom. The van der Waals surface area contributed by atoms with E-state index < -0.39 is 5.60 Å². The molecule has 0 spiro atoms. The summed E-state index contributed by atoms with van der Waals surface area (Å²) in [6.45, 7) is 5.89. The van der Waals surface area contributed by atoms with Crippen molar-refractivity contribution in [1.29, 1.82) is 0 Å². The van der Waals surface area contributed by atoms with Gasteiger partial charge in [-0.05, 0) is 95.7 Å². The highest BCUT2D eigenvalue weighted by Crippen LogP contribution is 2.36. The van der Waals surface area contributed by atoms with Crippen molar-refractivity contribution < 1.29 is 9.84 Å². The molecule has 2 aliphatic heterocycles. The molecule has 2 bridgehead atoms. The van der Waals surface area contributed by atoms with Gasteiger partial charge in [0, 0.05) is 17.0 Å². The fraction of sp³-hybridized carbons (Fsp3) is 0.556. The number of aromatic nitrogens is 2. The third kappa shape index (κ3) is 4.53. The van der Waals surface area contributed by atoms with Crippen molar-refractivity contribution >= 4 is 21.6 Å². The standard InChI is InChI=1S/C27H35N3O3S/c1-5-27(3,32)11-10-22-15-23-25(34-22)26(31)30(16-28-23)20-8-9-24(17(2)12-20)33-21-13-18-6-7-19(14-21)29(18)4/h8-9,12,15-16,18-19,21,32H,5-7,10-11,13-14H2,1-4H3/t18-,19+,21+,27?. The molecule has 0 amide bonds. The number of ether oxygens (including phenoxy) is 1. The maximum atomic E-state index is 13.3. The molecule has 0 radical (unpaired) electrons. The highest BCUT2D eigenvalue weighted by Gasteiger charge is 2.39. The van der Waals surface area contributed by atoms with Crippen molar-refractivity contribution in [3.8, 4) is 11.4 Å². The summed E-state index contributed by atoms with van der Waals surface area (Å²) in [5, 5.41) is 10.3. The summed E-state index contributed by atoms with van der Waals surface area (Å²) in [5.41, 5.74) is 1.83. The van der Waals surface area contributed by atoms with Crippen molar-refractivity contribution in [1.82, 2.24) is 14.5 Å². The summed E-state index contributed by atoms with van der Waals surface area (Å²) in [6.07, 6.45) is 8.73. The molecular weight excluding hydrogens is 446 g/mol. The number of aryl methyl sites for hydroxylation is 2. The van der Waals surface area contributed by atoms with Crippen LogP contribution in [0.25, 0.3) is 15.9 Å². The number of thiophene rings is 1. The molecule has 2 saturated heterocycles. The topological polar surface area (TPSA) is 67.6 Å². The van der Waals surface area contributed by atoms with Gasteiger partial charge in [-0.2, -0.15) is 0 Å². The van der Waals surface area contributed by atoms with Gasteiger partial charge in [0.1, 0.15) is 22.9 Å². The molecule has 0 saturated carbocycles. The highest BCUT2D eigenvalue weighted by molar-refractivity contribution is 7.18. The molecule has 182 valence electrons. The summed E-state index contributed by atoms with van der Waals surface area (Å²) >= 11 is 1.49. The van der Waals surface area contributed by atoms with Crippen LogP contribution >= 0.6 is 11.3 Å². The Kier molecular flexibility index (Phi) is 6.29. The molecule has 34 heavy (non-hydrogen) atoms. The van der Waals surface area contributed by atoms with Gasteiger partial charge in [0.2, 0.25) is 0 Å². The fourth-order valence-electron chi connectivity index (χ4n) is 5.39. The number of hydrogen-bond acceptors (Lipinski definition) is 6. The quantitative estimate of drug-likeness (QED) is 0.522. The van der Waals surface area contributed by atoms with Gasteiger partial charge in [-0.3, -0.25) is 9.36 Å². The fourth-order valence-corrected chi connectivity index (χ4v) is 6.43. The van der Waals surface area contributed by atoms with Crippen LogP contribution < -0.4 is 10.3 Å². The van der Waals surface area contributed by atoms with Gasteiger partial charge in [0.25, 0.3) is 5.56 Å². The number of rotatable bonds is 7. The number of benzene rings is 1. The summed E-state index contributed by atoms with van der Waals surface area (Å²) in [7, 11) is 2.24. The lowest BCUT2D eigenvalue weighted by Gasteiger charge is -2.36. The minimum atomic E-state index is -0.682. The Hall–Kier alpha value is -2.22. The summed E-state index contributed by atoms with van der Waals surface area (Å²) < 4.78 is 8.71. The zero-order valence-corrected chi connectivity index (χ0v) is 21.4. The lowest BCUT2D eigenvalue weighted by atomic mass is 9.97. The summed E-state index contributed by atoms with van der Waals surface area (Å²) in [6, 6.07) is 9.23. The lowest BCUT2D eigenvalue weighted by Crippen LogP contribution is -2.43. The van der Waals surface area contributed by atoms with E-state index in [0.717, 1.165) is 46.7 Å². The Labute approximate surface area is 205 Å². The minimum absolute atomic E-state index is 0.0523. The average Bonchev–Trinajstić information content (AvgIpc) is 3.31. The van der Waals surface area contributed by atoms with Crippen LogP contribution in [0.5, 0.6) is 5.75 Å². The molecule has 0 aliphatic carbocycles. The van der Waals surface area contributed by atoms with E-state index in [1.165, 1.54) is 24.2 Å². The number of nitrogens with zero attached hydrogens (tertiary/aromatic N) is 3. The first kappa shape index (κ1) is 23.5. The first-order valence-corrected chi connectivity index (χ1v) is 13.3. The molecule has 1 unspecified atom stereocenters. The predicted molar refractivity (Wildman–Crippen MR) is 137 cm³/mol. The Balaban J connectivity index is 1.34. The Morgan fingerprint density at radius 2 is 1.97 bits per heavy atom. The predicted octanol–water partition coefficient (Wildman–Crippen LogP) is 4.85. The second kappa shape index (κ2) is 9.10. The van der Waals surface area contributed by atoms with Crippen molar-refractivity contribution in [3.05, 3.63) is 51.4 Å².